The van der Waals surface area contributed by atoms with Crippen molar-refractivity contribution in [3.63, 3.8) is 0 Å². The highest BCUT2D eigenvalue weighted by atomic mass is 16.7. The molecule has 16 nitrogen and oxygen atoms in total. The normalized spacial score (nSPS) is 33.0. The zero-order chi connectivity index (χ0) is 31.3. The van der Waals surface area contributed by atoms with Crippen LogP contribution in [-0.2, 0) is 14.2 Å². The Labute approximate surface area is 241 Å². The number of hydrogen-bond acceptors (Lipinski definition) is 16. The van der Waals surface area contributed by atoms with Crippen LogP contribution in [0.2, 0.25) is 0 Å². The number of aliphatic hydroxyl groups is 6. The number of rotatable bonds is 6. The van der Waals surface area contributed by atoms with Crippen LogP contribution >= 0.6 is 0 Å². The molecule has 0 aliphatic carbocycles. The maximum Gasteiger partial charge on any atom is 0.239 e. The number of ether oxygens (including phenoxy) is 4. The number of phenolic OH excluding ortho intramolecular Hbond substituents is 4. The van der Waals surface area contributed by atoms with Crippen LogP contribution in [0.5, 0.6) is 28.7 Å². The van der Waals surface area contributed by atoms with Crippen molar-refractivity contribution in [1.29, 1.82) is 0 Å². The van der Waals surface area contributed by atoms with Gasteiger partial charge >= 0.3 is 0 Å². The highest BCUT2D eigenvalue weighted by molar-refractivity contribution is 5.88. The van der Waals surface area contributed by atoms with E-state index in [9.17, 15) is 55.9 Å². The van der Waals surface area contributed by atoms with E-state index in [0.29, 0.717) is 0 Å². The van der Waals surface area contributed by atoms with Gasteiger partial charge in [-0.25, -0.2) is 0 Å². The van der Waals surface area contributed by atoms with Gasteiger partial charge in [0.1, 0.15) is 65.2 Å². The summed E-state index contributed by atoms with van der Waals surface area (Å²) in [7, 11) is 0. The van der Waals surface area contributed by atoms with Crippen molar-refractivity contribution in [2.24, 2.45) is 0 Å². The van der Waals surface area contributed by atoms with Gasteiger partial charge in [-0.15, -0.1) is 0 Å². The lowest BCUT2D eigenvalue weighted by atomic mass is 9.98. The SMILES string of the molecule is C[C@@H]1O[C@H](OC[C@@H]2O[C@H](Oc3c(-c4ccc(O)c(O)c4)oc4cc(O)cc(O)c4c3=O)[C@@H](O)[C@@H](O)[C@H]2O)[C@H](O)[C@H](O)[C@@H]1O. The molecule has 0 bridgehead atoms. The summed E-state index contributed by atoms with van der Waals surface area (Å²) in [6.07, 6.45) is -16.2. The molecule has 0 unspecified atom stereocenters. The average molecular weight is 611 g/mol. The Morgan fingerprint density at radius 2 is 1.42 bits per heavy atom. The number of aromatic hydroxyl groups is 4. The molecule has 0 amide bonds. The summed E-state index contributed by atoms with van der Waals surface area (Å²) in [5.41, 5.74) is -1.35. The van der Waals surface area contributed by atoms with E-state index in [4.69, 9.17) is 23.4 Å². The largest absolute Gasteiger partial charge is 0.508 e. The summed E-state index contributed by atoms with van der Waals surface area (Å²) in [4.78, 5) is 13.6. The molecule has 3 heterocycles. The van der Waals surface area contributed by atoms with Gasteiger partial charge in [-0.3, -0.25) is 4.79 Å². The number of fused-ring (bicyclic) bond motifs is 1. The lowest BCUT2D eigenvalue weighted by Gasteiger charge is -2.42. The molecule has 0 radical (unpaired) electrons. The van der Waals surface area contributed by atoms with E-state index in [1.54, 1.807) is 0 Å². The first kappa shape index (κ1) is 30.7. The van der Waals surface area contributed by atoms with Gasteiger partial charge in [-0.05, 0) is 25.1 Å². The minimum absolute atomic E-state index is 0.0313. The van der Waals surface area contributed by atoms with Gasteiger partial charge in [-0.1, -0.05) is 0 Å². The first-order valence-corrected chi connectivity index (χ1v) is 13.0. The van der Waals surface area contributed by atoms with Crippen molar-refractivity contribution in [2.75, 3.05) is 6.61 Å². The van der Waals surface area contributed by atoms with Gasteiger partial charge in [0.05, 0.1) is 12.7 Å². The molecule has 2 fully saturated rings. The zero-order valence-electron chi connectivity index (χ0n) is 22.3. The molecule has 5 rings (SSSR count). The fraction of sp³-hybridized carbons (Fsp3) is 0.444. The lowest BCUT2D eigenvalue weighted by molar-refractivity contribution is -0.318. The van der Waals surface area contributed by atoms with Gasteiger partial charge in [0.2, 0.25) is 17.5 Å². The third-order valence-corrected chi connectivity index (χ3v) is 7.29. The first-order chi connectivity index (χ1) is 20.3. The summed E-state index contributed by atoms with van der Waals surface area (Å²) in [5, 5.41) is 101. The van der Waals surface area contributed by atoms with Gasteiger partial charge in [0, 0.05) is 17.7 Å². The molecule has 3 aromatic rings. The second-order valence-corrected chi connectivity index (χ2v) is 10.3. The molecule has 234 valence electrons. The van der Waals surface area contributed by atoms with E-state index < -0.39 is 113 Å². The van der Waals surface area contributed by atoms with E-state index in [-0.39, 0.29) is 11.1 Å². The van der Waals surface area contributed by atoms with Crippen molar-refractivity contribution in [2.45, 2.75) is 68.3 Å². The molecular formula is C27H30O16. The number of benzene rings is 2. The van der Waals surface area contributed by atoms with E-state index in [1.165, 1.54) is 13.0 Å². The number of aliphatic hydroxyl groups excluding tert-OH is 6. The minimum atomic E-state index is -1.97. The Morgan fingerprint density at radius 3 is 2.12 bits per heavy atom. The Balaban J connectivity index is 1.48. The summed E-state index contributed by atoms with van der Waals surface area (Å²) >= 11 is 0. The van der Waals surface area contributed by atoms with Crippen LogP contribution in [0, 0.1) is 0 Å². The van der Waals surface area contributed by atoms with Crippen LogP contribution in [-0.4, -0.2) is 119 Å². The van der Waals surface area contributed by atoms with Crippen molar-refractivity contribution in [3.8, 4) is 40.1 Å². The van der Waals surface area contributed by atoms with E-state index >= 15 is 0 Å². The molecule has 2 aliphatic rings. The quantitative estimate of drug-likeness (QED) is 0.140. The fourth-order valence-corrected chi connectivity index (χ4v) is 4.84. The Bertz CT molecular complexity index is 1540. The maximum absolute atomic E-state index is 13.6. The van der Waals surface area contributed by atoms with Gasteiger partial charge < -0.3 is 74.4 Å². The molecule has 43 heavy (non-hydrogen) atoms. The van der Waals surface area contributed by atoms with Gasteiger partial charge in [0.25, 0.3) is 0 Å². The van der Waals surface area contributed by atoms with Crippen molar-refractivity contribution >= 4 is 11.0 Å². The van der Waals surface area contributed by atoms with Gasteiger partial charge in [-0.2, -0.15) is 0 Å². The van der Waals surface area contributed by atoms with Crippen molar-refractivity contribution in [1.82, 2.24) is 0 Å². The van der Waals surface area contributed by atoms with E-state index in [2.05, 4.69) is 0 Å². The third kappa shape index (κ3) is 5.67. The summed E-state index contributed by atoms with van der Waals surface area (Å²) in [5.74, 6) is -3.33. The second kappa shape index (κ2) is 11.8. The fourth-order valence-electron chi connectivity index (χ4n) is 4.84. The molecule has 2 aromatic carbocycles. The summed E-state index contributed by atoms with van der Waals surface area (Å²) in [6.45, 7) is 0.818. The number of hydrogen-bond donors (Lipinski definition) is 10. The zero-order valence-corrected chi connectivity index (χ0v) is 22.3. The predicted molar refractivity (Wildman–Crippen MR) is 140 cm³/mol. The Hall–Kier alpha value is -3.71. The predicted octanol–water partition coefficient (Wildman–Crippen LogP) is -1.69. The summed E-state index contributed by atoms with van der Waals surface area (Å²) < 4.78 is 27.8. The molecule has 10 N–H and O–H groups in total. The second-order valence-electron chi connectivity index (χ2n) is 10.3. The first-order valence-electron chi connectivity index (χ1n) is 13.0. The molecule has 2 aliphatic heterocycles. The molecule has 1 aromatic heterocycles. The maximum atomic E-state index is 13.6. The van der Waals surface area contributed by atoms with Crippen molar-refractivity contribution < 1.29 is 74.4 Å². The molecule has 16 heteroatoms. The monoisotopic (exact) mass is 610 g/mol. The Morgan fingerprint density at radius 1 is 0.744 bits per heavy atom. The van der Waals surface area contributed by atoms with Crippen molar-refractivity contribution in [3.05, 3.63) is 40.6 Å². The van der Waals surface area contributed by atoms with Crippen LogP contribution in [0.3, 0.4) is 0 Å². The van der Waals surface area contributed by atoms with Crippen LogP contribution < -0.4 is 10.2 Å². The third-order valence-electron chi connectivity index (χ3n) is 7.29. The molecule has 2 saturated heterocycles. The highest BCUT2D eigenvalue weighted by Gasteiger charge is 2.47. The smallest absolute Gasteiger partial charge is 0.239 e. The molecular weight excluding hydrogens is 580 g/mol. The van der Waals surface area contributed by atoms with Crippen LogP contribution in [0.15, 0.2) is 39.5 Å². The topological polar surface area (TPSA) is 269 Å². The van der Waals surface area contributed by atoms with Crippen LogP contribution in [0.25, 0.3) is 22.3 Å². The van der Waals surface area contributed by atoms with Crippen LogP contribution in [0.1, 0.15) is 6.92 Å². The minimum Gasteiger partial charge on any atom is -0.508 e. The standard InChI is InChI=1S/C27H30O16/c1-8-17(32)20(35)22(37)26(40-8)39-7-15-18(33)21(36)23(38)27(42-15)43-25-19(34)16-13(31)5-10(28)6-14(16)41-24(25)9-2-3-11(29)12(30)4-9/h2-6,8,15,17-18,20-23,26-33,35-38H,7H2,1H3/t8-,15-,17+,18-,20+,21-,22+,23-,26-,27+/m0/s1. The van der Waals surface area contributed by atoms with Crippen LogP contribution in [0.4, 0.5) is 0 Å². The summed E-state index contributed by atoms with van der Waals surface area (Å²) in [6, 6.07) is 5.24. The number of phenols is 4. The average Bonchev–Trinajstić information content (AvgIpc) is 2.96. The lowest BCUT2D eigenvalue weighted by Crippen LogP contribution is -2.61. The van der Waals surface area contributed by atoms with E-state index in [1.807, 2.05) is 0 Å². The molecule has 0 saturated carbocycles. The van der Waals surface area contributed by atoms with Gasteiger partial charge in [0.15, 0.2) is 23.5 Å². The highest BCUT2D eigenvalue weighted by Crippen LogP contribution is 2.39. The van der Waals surface area contributed by atoms with E-state index in [0.717, 1.165) is 24.3 Å². The molecule has 0 spiro atoms. The Kier molecular flexibility index (Phi) is 8.41. The molecule has 10 atom stereocenters.